The van der Waals surface area contributed by atoms with Gasteiger partial charge in [-0.25, -0.2) is 9.37 Å². The van der Waals surface area contributed by atoms with E-state index in [1.807, 2.05) is 26.0 Å². The van der Waals surface area contributed by atoms with Gasteiger partial charge in [0.2, 0.25) is 0 Å². The van der Waals surface area contributed by atoms with Crippen molar-refractivity contribution in [2.45, 2.75) is 32.6 Å². The largest absolute Gasteiger partial charge is 0.341 e. The van der Waals surface area contributed by atoms with Crippen LogP contribution in [0.2, 0.25) is 0 Å². The van der Waals surface area contributed by atoms with Crippen LogP contribution in [-0.2, 0) is 0 Å². The Kier molecular flexibility index (Phi) is 6.12. The lowest BCUT2D eigenvalue weighted by atomic mass is 9.98. The van der Waals surface area contributed by atoms with Gasteiger partial charge in [0.25, 0.3) is 0 Å². The van der Waals surface area contributed by atoms with Crippen molar-refractivity contribution in [2.24, 2.45) is 0 Å². The van der Waals surface area contributed by atoms with E-state index in [0.717, 1.165) is 54.3 Å². The Morgan fingerprint density at radius 2 is 1.58 bits per heavy atom. The molecule has 0 radical (unpaired) electrons. The van der Waals surface area contributed by atoms with Crippen molar-refractivity contribution < 1.29 is 4.39 Å². The molecule has 0 unspecified atom stereocenters. The molecule has 4 nitrogen and oxygen atoms in total. The molecule has 0 amide bonds. The number of aromatic nitrogens is 3. The standard InChI is InChI=1S/C19H19FN4.C2H6/c20-16-3-1-13(2-4-16)17-18(14-5-9-21-10-6-14)24-19(23-17)15-7-11-22-12-8-15;1-2/h1-6,9-10,15,22H,7-8,11-12H2,(H,23,24);1-2H3. The lowest BCUT2D eigenvalue weighted by Crippen LogP contribution is -2.27. The second-order valence-corrected chi connectivity index (χ2v) is 6.11. The summed E-state index contributed by atoms with van der Waals surface area (Å²) in [7, 11) is 0. The van der Waals surface area contributed by atoms with Gasteiger partial charge in [-0.15, -0.1) is 0 Å². The Morgan fingerprint density at radius 1 is 0.923 bits per heavy atom. The molecule has 1 aliphatic heterocycles. The number of rotatable bonds is 3. The minimum Gasteiger partial charge on any atom is -0.341 e. The van der Waals surface area contributed by atoms with Crippen LogP contribution in [0.3, 0.4) is 0 Å². The minimum atomic E-state index is -0.238. The van der Waals surface area contributed by atoms with E-state index in [4.69, 9.17) is 4.98 Å². The van der Waals surface area contributed by atoms with Crippen LogP contribution in [0.15, 0.2) is 48.8 Å². The normalized spacial score (nSPS) is 14.6. The zero-order valence-electron chi connectivity index (χ0n) is 15.3. The number of halogens is 1. The van der Waals surface area contributed by atoms with E-state index in [9.17, 15) is 4.39 Å². The predicted molar refractivity (Wildman–Crippen MR) is 103 cm³/mol. The van der Waals surface area contributed by atoms with Gasteiger partial charge in [-0.1, -0.05) is 13.8 Å². The Bertz CT molecular complexity index is 806. The molecule has 0 aliphatic carbocycles. The molecule has 1 saturated heterocycles. The molecule has 2 aromatic heterocycles. The van der Waals surface area contributed by atoms with Crippen molar-refractivity contribution in [1.82, 2.24) is 20.3 Å². The third kappa shape index (κ3) is 3.99. The second kappa shape index (κ2) is 8.72. The van der Waals surface area contributed by atoms with Crippen molar-refractivity contribution in [3.05, 3.63) is 60.4 Å². The van der Waals surface area contributed by atoms with Gasteiger partial charge in [-0.2, -0.15) is 0 Å². The number of aromatic amines is 1. The molecule has 1 fully saturated rings. The molecule has 3 aromatic rings. The zero-order valence-corrected chi connectivity index (χ0v) is 15.3. The van der Waals surface area contributed by atoms with Crippen LogP contribution >= 0.6 is 0 Å². The number of imidazole rings is 1. The van der Waals surface area contributed by atoms with E-state index in [1.54, 1.807) is 24.5 Å². The van der Waals surface area contributed by atoms with Crippen LogP contribution in [0, 0.1) is 5.82 Å². The monoisotopic (exact) mass is 352 g/mol. The molecular formula is C21H25FN4. The van der Waals surface area contributed by atoms with Crippen LogP contribution < -0.4 is 5.32 Å². The van der Waals surface area contributed by atoms with Crippen molar-refractivity contribution in [2.75, 3.05) is 13.1 Å². The van der Waals surface area contributed by atoms with Crippen LogP contribution in [0.4, 0.5) is 4.39 Å². The third-order valence-corrected chi connectivity index (χ3v) is 4.53. The fraction of sp³-hybridized carbons (Fsp3) is 0.333. The van der Waals surface area contributed by atoms with Gasteiger partial charge in [0.05, 0.1) is 11.4 Å². The summed E-state index contributed by atoms with van der Waals surface area (Å²) in [6.45, 7) is 6.03. The van der Waals surface area contributed by atoms with Crippen LogP contribution in [0.25, 0.3) is 22.5 Å². The lowest BCUT2D eigenvalue weighted by Gasteiger charge is -2.20. The number of hydrogen-bond donors (Lipinski definition) is 2. The quantitative estimate of drug-likeness (QED) is 0.714. The van der Waals surface area contributed by atoms with Gasteiger partial charge < -0.3 is 10.3 Å². The minimum absolute atomic E-state index is 0.238. The van der Waals surface area contributed by atoms with E-state index in [2.05, 4.69) is 15.3 Å². The highest BCUT2D eigenvalue weighted by molar-refractivity contribution is 5.78. The third-order valence-electron chi connectivity index (χ3n) is 4.53. The first kappa shape index (κ1) is 18.3. The molecule has 5 heteroatoms. The first-order valence-electron chi connectivity index (χ1n) is 9.28. The van der Waals surface area contributed by atoms with Gasteiger partial charge in [0.15, 0.2) is 0 Å². The van der Waals surface area contributed by atoms with E-state index >= 15 is 0 Å². The van der Waals surface area contributed by atoms with Crippen molar-refractivity contribution >= 4 is 0 Å². The summed E-state index contributed by atoms with van der Waals surface area (Å²) in [5, 5.41) is 3.38. The molecule has 1 aliphatic rings. The number of nitrogens with zero attached hydrogens (tertiary/aromatic N) is 2. The van der Waals surface area contributed by atoms with Crippen molar-refractivity contribution in [3.8, 4) is 22.5 Å². The molecule has 1 aromatic carbocycles. The highest BCUT2D eigenvalue weighted by Crippen LogP contribution is 2.33. The number of nitrogens with one attached hydrogen (secondary N) is 2. The average molecular weight is 352 g/mol. The molecule has 0 atom stereocenters. The Hall–Kier alpha value is -2.53. The van der Waals surface area contributed by atoms with E-state index in [1.165, 1.54) is 12.1 Å². The topological polar surface area (TPSA) is 53.6 Å². The molecule has 0 spiro atoms. The highest BCUT2D eigenvalue weighted by Gasteiger charge is 2.22. The summed E-state index contributed by atoms with van der Waals surface area (Å²) < 4.78 is 13.3. The maximum atomic E-state index is 13.3. The molecule has 0 bridgehead atoms. The summed E-state index contributed by atoms with van der Waals surface area (Å²) in [4.78, 5) is 12.5. The predicted octanol–water partition coefficient (Wildman–Crippen LogP) is 4.77. The Morgan fingerprint density at radius 3 is 2.23 bits per heavy atom. The summed E-state index contributed by atoms with van der Waals surface area (Å²) in [5.41, 5.74) is 3.80. The van der Waals surface area contributed by atoms with E-state index in [-0.39, 0.29) is 5.82 Å². The summed E-state index contributed by atoms with van der Waals surface area (Å²) in [5.74, 6) is 1.21. The Balaban J connectivity index is 0.000000948. The lowest BCUT2D eigenvalue weighted by molar-refractivity contribution is 0.447. The molecule has 2 N–H and O–H groups in total. The van der Waals surface area contributed by atoms with Gasteiger partial charge in [-0.05, 0) is 62.3 Å². The SMILES string of the molecule is CC.Fc1ccc(-c2nc(C3CCNCC3)[nH]c2-c2ccncc2)cc1. The van der Waals surface area contributed by atoms with Crippen LogP contribution in [0.5, 0.6) is 0 Å². The summed E-state index contributed by atoms with van der Waals surface area (Å²) >= 11 is 0. The fourth-order valence-corrected chi connectivity index (χ4v) is 3.22. The maximum Gasteiger partial charge on any atom is 0.123 e. The number of benzene rings is 1. The van der Waals surface area contributed by atoms with Crippen LogP contribution in [-0.4, -0.2) is 28.0 Å². The number of H-pyrrole nitrogens is 1. The second-order valence-electron chi connectivity index (χ2n) is 6.11. The molecule has 4 rings (SSSR count). The smallest absolute Gasteiger partial charge is 0.123 e. The molecule has 0 saturated carbocycles. The van der Waals surface area contributed by atoms with Gasteiger partial charge in [0, 0.05) is 29.4 Å². The number of hydrogen-bond acceptors (Lipinski definition) is 3. The zero-order chi connectivity index (χ0) is 18.4. The maximum absolute atomic E-state index is 13.3. The van der Waals surface area contributed by atoms with Gasteiger partial charge in [-0.3, -0.25) is 4.98 Å². The van der Waals surface area contributed by atoms with E-state index in [0.29, 0.717) is 5.92 Å². The number of pyridine rings is 1. The summed E-state index contributed by atoms with van der Waals surface area (Å²) in [6, 6.07) is 10.4. The van der Waals surface area contributed by atoms with Gasteiger partial charge >= 0.3 is 0 Å². The van der Waals surface area contributed by atoms with Crippen LogP contribution in [0.1, 0.15) is 38.4 Å². The van der Waals surface area contributed by atoms with Gasteiger partial charge in [0.1, 0.15) is 11.6 Å². The van der Waals surface area contributed by atoms with Crippen molar-refractivity contribution in [1.29, 1.82) is 0 Å². The molecule has 3 heterocycles. The summed E-state index contributed by atoms with van der Waals surface area (Å²) in [6.07, 6.45) is 5.70. The first-order chi connectivity index (χ1) is 12.8. The highest BCUT2D eigenvalue weighted by atomic mass is 19.1. The first-order valence-corrected chi connectivity index (χ1v) is 9.28. The van der Waals surface area contributed by atoms with E-state index < -0.39 is 0 Å². The Labute approximate surface area is 153 Å². The van der Waals surface area contributed by atoms with Crippen molar-refractivity contribution in [3.63, 3.8) is 0 Å². The molecular weight excluding hydrogens is 327 g/mol. The molecule has 26 heavy (non-hydrogen) atoms. The fourth-order valence-electron chi connectivity index (χ4n) is 3.22. The average Bonchev–Trinajstić information content (AvgIpc) is 3.17. The molecule has 136 valence electrons. The number of piperidine rings is 1.